The van der Waals surface area contributed by atoms with Gasteiger partial charge in [-0.1, -0.05) is 18.2 Å². The maximum atomic E-state index is 11.5. The molecule has 0 aliphatic rings. The van der Waals surface area contributed by atoms with Crippen molar-refractivity contribution in [3.63, 3.8) is 0 Å². The van der Waals surface area contributed by atoms with Crippen LogP contribution in [-0.4, -0.2) is 45.2 Å². The Morgan fingerprint density at radius 3 is 2.18 bits per heavy atom. The molecule has 6 heteroatoms. The minimum absolute atomic E-state index is 0.276. The number of hydrogen-bond acceptors (Lipinski definition) is 4. The molecule has 22 heavy (non-hydrogen) atoms. The van der Waals surface area contributed by atoms with Crippen LogP contribution in [0.15, 0.2) is 18.2 Å². The number of methoxy groups -OCH3 is 1. The fraction of sp³-hybridized carbons (Fsp3) is 0.500. The highest BCUT2D eigenvalue weighted by Gasteiger charge is 2.12. The Morgan fingerprint density at radius 1 is 1.00 bits per heavy atom. The molecule has 0 spiro atoms. The van der Waals surface area contributed by atoms with Crippen LogP contribution in [0.5, 0.6) is 5.75 Å². The van der Waals surface area contributed by atoms with E-state index >= 15 is 0 Å². The van der Waals surface area contributed by atoms with Gasteiger partial charge in [0, 0.05) is 20.3 Å². The second-order valence-electron chi connectivity index (χ2n) is 4.93. The molecule has 122 valence electrons. The zero-order chi connectivity index (χ0) is 16.4. The number of para-hydroxylation sites is 1. The van der Waals surface area contributed by atoms with Gasteiger partial charge in [0.1, 0.15) is 12.4 Å². The van der Waals surface area contributed by atoms with E-state index < -0.39 is 11.8 Å². The van der Waals surface area contributed by atoms with Gasteiger partial charge in [-0.05, 0) is 31.4 Å². The van der Waals surface area contributed by atoms with Crippen molar-refractivity contribution in [1.82, 2.24) is 10.6 Å². The predicted octanol–water partition coefficient (Wildman–Crippen LogP) is 0.951. The standard InChI is InChI=1S/C16H24N2O4/c1-12-6-4-7-13(2)14(12)22-11-9-18-16(20)15(19)17-8-5-10-21-3/h4,6-7H,5,8-11H2,1-3H3,(H,17,19)(H,18,20). The summed E-state index contributed by atoms with van der Waals surface area (Å²) in [5.41, 5.74) is 2.09. The van der Waals surface area contributed by atoms with Gasteiger partial charge in [0.05, 0.1) is 6.54 Å². The molecular weight excluding hydrogens is 284 g/mol. The summed E-state index contributed by atoms with van der Waals surface area (Å²) in [5, 5.41) is 5.05. The summed E-state index contributed by atoms with van der Waals surface area (Å²) < 4.78 is 10.5. The van der Waals surface area contributed by atoms with E-state index in [1.165, 1.54) is 0 Å². The maximum Gasteiger partial charge on any atom is 0.309 e. The van der Waals surface area contributed by atoms with Gasteiger partial charge in [-0.25, -0.2) is 0 Å². The average Bonchev–Trinajstić information content (AvgIpc) is 2.50. The Hall–Kier alpha value is -2.08. The van der Waals surface area contributed by atoms with Crippen LogP contribution in [0, 0.1) is 13.8 Å². The molecule has 0 saturated heterocycles. The van der Waals surface area contributed by atoms with E-state index in [1.54, 1.807) is 7.11 Å². The first-order valence-corrected chi connectivity index (χ1v) is 7.30. The molecule has 0 aliphatic heterocycles. The summed E-state index contributed by atoms with van der Waals surface area (Å²) in [4.78, 5) is 23.0. The molecule has 0 radical (unpaired) electrons. The Morgan fingerprint density at radius 2 is 1.59 bits per heavy atom. The second-order valence-corrected chi connectivity index (χ2v) is 4.93. The third-order valence-electron chi connectivity index (χ3n) is 3.06. The quantitative estimate of drug-likeness (QED) is 0.554. The van der Waals surface area contributed by atoms with E-state index in [1.807, 2.05) is 32.0 Å². The molecule has 0 fully saturated rings. The van der Waals surface area contributed by atoms with Gasteiger partial charge in [-0.3, -0.25) is 9.59 Å². The molecule has 2 amide bonds. The van der Waals surface area contributed by atoms with Crippen molar-refractivity contribution in [2.24, 2.45) is 0 Å². The van der Waals surface area contributed by atoms with Crippen LogP contribution in [0.25, 0.3) is 0 Å². The van der Waals surface area contributed by atoms with Crippen LogP contribution in [0.4, 0.5) is 0 Å². The molecular formula is C16H24N2O4. The van der Waals surface area contributed by atoms with Crippen LogP contribution < -0.4 is 15.4 Å². The van der Waals surface area contributed by atoms with Crippen molar-refractivity contribution in [3.8, 4) is 5.75 Å². The summed E-state index contributed by atoms with van der Waals surface area (Å²) in [6.45, 7) is 5.49. The summed E-state index contributed by atoms with van der Waals surface area (Å²) in [7, 11) is 1.59. The zero-order valence-electron chi connectivity index (χ0n) is 13.4. The normalized spacial score (nSPS) is 10.1. The monoisotopic (exact) mass is 308 g/mol. The first-order chi connectivity index (χ1) is 10.6. The molecule has 0 aliphatic carbocycles. The van der Waals surface area contributed by atoms with Gasteiger partial charge in [0.15, 0.2) is 0 Å². The molecule has 1 rings (SSSR count). The highest BCUT2D eigenvalue weighted by Crippen LogP contribution is 2.21. The molecule has 2 N–H and O–H groups in total. The van der Waals surface area contributed by atoms with Gasteiger partial charge in [0.25, 0.3) is 0 Å². The number of nitrogens with one attached hydrogen (secondary N) is 2. The number of hydrogen-bond donors (Lipinski definition) is 2. The number of amides is 2. The van der Waals surface area contributed by atoms with E-state index in [0.29, 0.717) is 26.2 Å². The van der Waals surface area contributed by atoms with Crippen molar-refractivity contribution in [3.05, 3.63) is 29.3 Å². The minimum Gasteiger partial charge on any atom is -0.491 e. The lowest BCUT2D eigenvalue weighted by Gasteiger charge is -2.12. The highest BCUT2D eigenvalue weighted by molar-refractivity contribution is 6.35. The number of aryl methyl sites for hydroxylation is 2. The summed E-state index contributed by atoms with van der Waals surface area (Å²) in [6, 6.07) is 5.90. The van der Waals surface area contributed by atoms with Crippen LogP contribution in [0.3, 0.4) is 0 Å². The van der Waals surface area contributed by atoms with Gasteiger partial charge >= 0.3 is 11.8 Å². The van der Waals surface area contributed by atoms with E-state index in [9.17, 15) is 9.59 Å². The average molecular weight is 308 g/mol. The van der Waals surface area contributed by atoms with Crippen molar-refractivity contribution in [2.45, 2.75) is 20.3 Å². The highest BCUT2D eigenvalue weighted by atomic mass is 16.5. The van der Waals surface area contributed by atoms with Crippen molar-refractivity contribution < 1.29 is 19.1 Å². The number of rotatable bonds is 8. The van der Waals surface area contributed by atoms with Crippen molar-refractivity contribution in [1.29, 1.82) is 0 Å². The van der Waals surface area contributed by atoms with Crippen LogP contribution in [-0.2, 0) is 14.3 Å². The Kier molecular flexibility index (Phi) is 7.99. The molecule has 6 nitrogen and oxygen atoms in total. The largest absolute Gasteiger partial charge is 0.491 e. The van der Waals surface area contributed by atoms with Gasteiger partial charge < -0.3 is 20.1 Å². The van der Waals surface area contributed by atoms with E-state index in [2.05, 4.69) is 10.6 Å². The molecule has 0 saturated carbocycles. The molecule has 0 atom stereocenters. The maximum absolute atomic E-state index is 11.5. The van der Waals surface area contributed by atoms with Gasteiger partial charge in [-0.15, -0.1) is 0 Å². The smallest absolute Gasteiger partial charge is 0.309 e. The molecule has 1 aromatic carbocycles. The Bertz CT molecular complexity index is 483. The lowest BCUT2D eigenvalue weighted by molar-refractivity contribution is -0.139. The van der Waals surface area contributed by atoms with Gasteiger partial charge in [-0.2, -0.15) is 0 Å². The topological polar surface area (TPSA) is 76.7 Å². The number of ether oxygens (including phenoxy) is 2. The number of carbonyl (C=O) groups excluding carboxylic acids is 2. The number of benzene rings is 1. The molecule has 0 unspecified atom stereocenters. The lowest BCUT2D eigenvalue weighted by Crippen LogP contribution is -2.41. The van der Waals surface area contributed by atoms with Crippen LogP contribution >= 0.6 is 0 Å². The fourth-order valence-electron chi connectivity index (χ4n) is 1.92. The van der Waals surface area contributed by atoms with Gasteiger partial charge in [0.2, 0.25) is 0 Å². The predicted molar refractivity (Wildman–Crippen MR) is 83.9 cm³/mol. The number of carbonyl (C=O) groups is 2. The molecule has 0 bridgehead atoms. The summed E-state index contributed by atoms with van der Waals surface area (Å²) in [5.74, 6) is -0.466. The van der Waals surface area contributed by atoms with E-state index in [-0.39, 0.29) is 6.54 Å². The van der Waals surface area contributed by atoms with E-state index in [4.69, 9.17) is 9.47 Å². The Labute approximate surface area is 131 Å². The first-order valence-electron chi connectivity index (χ1n) is 7.30. The summed E-state index contributed by atoms with van der Waals surface area (Å²) in [6.07, 6.45) is 0.672. The first kappa shape index (κ1) is 18.0. The SMILES string of the molecule is COCCCNC(=O)C(=O)NCCOc1c(C)cccc1C. The summed E-state index contributed by atoms with van der Waals surface area (Å²) >= 11 is 0. The third-order valence-corrected chi connectivity index (χ3v) is 3.06. The molecule has 0 aromatic heterocycles. The molecule has 1 aromatic rings. The van der Waals surface area contributed by atoms with Crippen LogP contribution in [0.1, 0.15) is 17.5 Å². The second kappa shape index (κ2) is 9.78. The minimum atomic E-state index is -0.650. The molecule has 0 heterocycles. The third kappa shape index (κ3) is 6.13. The Balaban J connectivity index is 2.23. The van der Waals surface area contributed by atoms with Crippen molar-refractivity contribution >= 4 is 11.8 Å². The van der Waals surface area contributed by atoms with E-state index in [0.717, 1.165) is 16.9 Å². The van der Waals surface area contributed by atoms with Crippen LogP contribution in [0.2, 0.25) is 0 Å². The van der Waals surface area contributed by atoms with Crippen molar-refractivity contribution in [2.75, 3.05) is 33.4 Å². The zero-order valence-corrected chi connectivity index (χ0v) is 13.4. The fourth-order valence-corrected chi connectivity index (χ4v) is 1.92. The lowest BCUT2D eigenvalue weighted by atomic mass is 10.1.